The van der Waals surface area contributed by atoms with Gasteiger partial charge in [-0.25, -0.2) is 4.79 Å². The predicted molar refractivity (Wildman–Crippen MR) is 45.9 cm³/mol. The second kappa shape index (κ2) is 5.97. The third-order valence-corrected chi connectivity index (χ3v) is 1.44. The zero-order chi connectivity index (χ0) is 13.6. The van der Waals surface area contributed by atoms with Gasteiger partial charge in [-0.1, -0.05) is 0 Å². The molecule has 10 heteroatoms. The molecule has 0 aliphatic carbocycles. The lowest BCUT2D eigenvalue weighted by Crippen LogP contribution is -2.37. The first-order chi connectivity index (χ1) is 7.67. The van der Waals surface area contributed by atoms with E-state index in [1.807, 2.05) is 0 Å². The number of ether oxygens (including phenoxy) is 1. The third-order valence-electron chi connectivity index (χ3n) is 1.44. The minimum absolute atomic E-state index is 0.828. The molecule has 0 bridgehead atoms. The lowest BCUT2D eigenvalue weighted by Gasteiger charge is -2.06. The standard InChI is InChI=1S/C7H8F3N3O4/c8-7(9,10)1-4(13-12)6(16)17-2-3(11)5(14)15/h3H,1-2,11H2,(H,14,15)/t3-/m0/s1. The Balaban J connectivity index is 4.40. The van der Waals surface area contributed by atoms with Gasteiger partial charge in [0.05, 0.1) is 0 Å². The van der Waals surface area contributed by atoms with E-state index in [2.05, 4.69) is 9.53 Å². The third kappa shape index (κ3) is 6.28. The molecule has 0 unspecified atom stereocenters. The van der Waals surface area contributed by atoms with E-state index in [1.54, 1.807) is 0 Å². The Morgan fingerprint density at radius 3 is 2.35 bits per heavy atom. The number of carbonyl (C=O) groups is 2. The monoisotopic (exact) mass is 255 g/mol. The van der Waals surface area contributed by atoms with Crippen LogP contribution in [0.2, 0.25) is 0 Å². The van der Waals surface area contributed by atoms with Crippen molar-refractivity contribution in [3.05, 3.63) is 5.53 Å². The molecule has 0 heterocycles. The summed E-state index contributed by atoms with van der Waals surface area (Å²) in [6.07, 6.45) is -6.54. The topological polar surface area (TPSA) is 126 Å². The average Bonchev–Trinajstić information content (AvgIpc) is 2.20. The van der Waals surface area contributed by atoms with Crippen molar-refractivity contribution in [2.45, 2.75) is 18.6 Å². The molecule has 0 radical (unpaired) electrons. The SMILES string of the molecule is [N-]=[N+]=C(CC(F)(F)F)C(=O)OC[C@H](N)C(=O)O. The van der Waals surface area contributed by atoms with Gasteiger partial charge in [0.25, 0.3) is 0 Å². The highest BCUT2D eigenvalue weighted by atomic mass is 19.4. The van der Waals surface area contributed by atoms with Gasteiger partial charge in [0.2, 0.25) is 0 Å². The maximum absolute atomic E-state index is 11.9. The van der Waals surface area contributed by atoms with Crippen LogP contribution in [-0.4, -0.2) is 46.4 Å². The number of rotatable bonds is 5. The molecule has 7 nitrogen and oxygen atoms in total. The molecular formula is C7H8F3N3O4. The molecule has 0 aromatic carbocycles. The molecule has 0 saturated heterocycles. The predicted octanol–water partition coefficient (Wildman–Crippen LogP) is -0.435. The Hall–Kier alpha value is -1.93. The van der Waals surface area contributed by atoms with Crippen LogP contribution >= 0.6 is 0 Å². The number of esters is 1. The maximum Gasteiger partial charge on any atom is 0.417 e. The molecule has 0 spiro atoms. The number of carboxylic acid groups (broad SMARTS) is 1. The van der Waals surface area contributed by atoms with Crippen molar-refractivity contribution in [1.29, 1.82) is 0 Å². The number of carboxylic acids is 1. The second-order valence-electron chi connectivity index (χ2n) is 2.88. The summed E-state index contributed by atoms with van der Waals surface area (Å²) < 4.78 is 39.7. The lowest BCUT2D eigenvalue weighted by molar-refractivity contribution is -0.152. The van der Waals surface area contributed by atoms with E-state index in [4.69, 9.17) is 16.4 Å². The minimum atomic E-state index is -4.75. The van der Waals surface area contributed by atoms with Crippen molar-refractivity contribution in [1.82, 2.24) is 0 Å². The fourth-order valence-corrected chi connectivity index (χ4v) is 0.658. The van der Waals surface area contributed by atoms with Crippen molar-refractivity contribution >= 4 is 17.7 Å². The number of aliphatic carboxylic acids is 1. The van der Waals surface area contributed by atoms with Crippen LogP contribution in [0, 0.1) is 0 Å². The highest BCUT2D eigenvalue weighted by molar-refractivity contribution is 6.34. The summed E-state index contributed by atoms with van der Waals surface area (Å²) in [7, 11) is 0. The highest BCUT2D eigenvalue weighted by Gasteiger charge is 2.39. The number of nitrogens with zero attached hydrogens (tertiary/aromatic N) is 2. The van der Waals surface area contributed by atoms with Gasteiger partial charge in [-0.3, -0.25) is 4.79 Å². The summed E-state index contributed by atoms with van der Waals surface area (Å²) in [5.74, 6) is -3.07. The quantitative estimate of drug-likeness (QED) is 0.298. The van der Waals surface area contributed by atoms with Gasteiger partial charge in [-0.15, -0.1) is 0 Å². The molecule has 96 valence electrons. The molecule has 0 aliphatic heterocycles. The zero-order valence-corrected chi connectivity index (χ0v) is 8.27. The van der Waals surface area contributed by atoms with Crippen LogP contribution in [-0.2, 0) is 14.3 Å². The highest BCUT2D eigenvalue weighted by Crippen LogP contribution is 2.19. The summed E-state index contributed by atoms with van der Waals surface area (Å²) in [6.45, 7) is -0.828. The maximum atomic E-state index is 11.9. The average molecular weight is 255 g/mol. The van der Waals surface area contributed by atoms with Crippen LogP contribution in [0.1, 0.15) is 6.42 Å². The van der Waals surface area contributed by atoms with Gasteiger partial charge in [0.15, 0.2) is 6.42 Å². The number of halogens is 3. The van der Waals surface area contributed by atoms with Crippen LogP contribution in [0.25, 0.3) is 5.53 Å². The fraction of sp³-hybridized carbons (Fsp3) is 0.571. The Labute approximate surface area is 92.6 Å². The van der Waals surface area contributed by atoms with Gasteiger partial charge < -0.3 is 21.1 Å². The number of hydrogen-bond acceptors (Lipinski definition) is 4. The molecule has 0 aliphatic rings. The smallest absolute Gasteiger partial charge is 0.417 e. The van der Waals surface area contributed by atoms with Crippen molar-refractivity contribution in [2.24, 2.45) is 5.73 Å². The Kier molecular flexibility index (Phi) is 5.29. The number of alkyl halides is 3. The van der Waals surface area contributed by atoms with Crippen LogP contribution in [0.3, 0.4) is 0 Å². The van der Waals surface area contributed by atoms with Crippen molar-refractivity contribution in [3.8, 4) is 0 Å². The summed E-state index contributed by atoms with van der Waals surface area (Å²) >= 11 is 0. The van der Waals surface area contributed by atoms with Crippen molar-refractivity contribution in [3.63, 3.8) is 0 Å². The number of carbonyl (C=O) groups excluding carboxylic acids is 1. The van der Waals surface area contributed by atoms with E-state index < -0.39 is 42.9 Å². The van der Waals surface area contributed by atoms with E-state index in [0.29, 0.717) is 0 Å². The van der Waals surface area contributed by atoms with Gasteiger partial charge in [0.1, 0.15) is 12.6 Å². The molecule has 0 aromatic heterocycles. The minimum Gasteiger partial charge on any atom is -0.480 e. The Morgan fingerprint density at radius 2 is 2.00 bits per heavy atom. The zero-order valence-electron chi connectivity index (χ0n) is 8.27. The Morgan fingerprint density at radius 1 is 1.47 bits per heavy atom. The summed E-state index contributed by atoms with van der Waals surface area (Å²) in [5, 5.41) is 8.30. The molecule has 0 aromatic rings. The van der Waals surface area contributed by atoms with Gasteiger partial charge in [-0.05, 0) is 0 Å². The van der Waals surface area contributed by atoms with E-state index >= 15 is 0 Å². The van der Waals surface area contributed by atoms with E-state index in [9.17, 15) is 22.8 Å². The van der Waals surface area contributed by atoms with Gasteiger partial charge in [0, 0.05) is 0 Å². The molecular weight excluding hydrogens is 247 g/mol. The summed E-state index contributed by atoms with van der Waals surface area (Å²) in [5.41, 5.74) is 11.8. The molecule has 0 fully saturated rings. The van der Waals surface area contributed by atoms with Crippen molar-refractivity contribution in [2.75, 3.05) is 6.61 Å². The molecule has 0 rings (SSSR count). The van der Waals surface area contributed by atoms with Gasteiger partial charge in [-0.2, -0.15) is 18.0 Å². The summed E-state index contributed by atoms with van der Waals surface area (Å²) in [6, 6.07) is -1.57. The molecule has 0 saturated carbocycles. The largest absolute Gasteiger partial charge is 0.480 e. The van der Waals surface area contributed by atoms with Crippen molar-refractivity contribution < 1.29 is 37.4 Å². The first-order valence-electron chi connectivity index (χ1n) is 4.10. The van der Waals surface area contributed by atoms with E-state index in [1.165, 1.54) is 0 Å². The molecule has 1 atom stereocenters. The fourth-order valence-electron chi connectivity index (χ4n) is 0.658. The van der Waals surface area contributed by atoms with E-state index in [-0.39, 0.29) is 0 Å². The lowest BCUT2D eigenvalue weighted by atomic mass is 10.2. The first-order valence-corrected chi connectivity index (χ1v) is 4.10. The normalized spacial score (nSPS) is 12.5. The van der Waals surface area contributed by atoms with Gasteiger partial charge >= 0.3 is 23.8 Å². The second-order valence-corrected chi connectivity index (χ2v) is 2.88. The Bertz CT molecular complexity index is 362. The van der Waals surface area contributed by atoms with Crippen LogP contribution in [0.4, 0.5) is 13.2 Å². The van der Waals surface area contributed by atoms with Crippen LogP contribution in [0.5, 0.6) is 0 Å². The molecule has 17 heavy (non-hydrogen) atoms. The number of hydrogen-bond donors (Lipinski definition) is 2. The number of nitrogens with two attached hydrogens (primary N) is 1. The van der Waals surface area contributed by atoms with Crippen LogP contribution in [0.15, 0.2) is 0 Å². The first kappa shape index (κ1) is 15.1. The van der Waals surface area contributed by atoms with Crippen LogP contribution < -0.4 is 5.73 Å². The summed E-state index contributed by atoms with van der Waals surface area (Å²) in [4.78, 5) is 23.3. The van der Waals surface area contributed by atoms with E-state index in [0.717, 1.165) is 0 Å². The molecule has 0 amide bonds. The molecule has 3 N–H and O–H groups in total.